The third-order valence-corrected chi connectivity index (χ3v) is 3.18. The fraction of sp³-hybridized carbons (Fsp3) is 0.769. The van der Waals surface area contributed by atoms with Crippen molar-refractivity contribution in [2.45, 2.75) is 38.4 Å². The summed E-state index contributed by atoms with van der Waals surface area (Å²) in [5, 5.41) is 10.2. The number of amides is 2. The Morgan fingerprint density at radius 3 is 2.40 bits per heavy atom. The van der Waals surface area contributed by atoms with Crippen LogP contribution in [-0.4, -0.2) is 70.1 Å². The van der Waals surface area contributed by atoms with Gasteiger partial charge in [-0.3, -0.25) is 9.59 Å². The molecular weight excluding hydrogens is 264 g/mol. The summed E-state index contributed by atoms with van der Waals surface area (Å²) in [4.78, 5) is 37.1. The Morgan fingerprint density at radius 2 is 1.95 bits per heavy atom. The molecule has 0 unspecified atom stereocenters. The Kier molecular flexibility index (Phi) is 3.49. The van der Waals surface area contributed by atoms with E-state index in [9.17, 15) is 19.5 Å². The summed E-state index contributed by atoms with van der Waals surface area (Å²) in [6.45, 7) is 5.66. The molecule has 0 aromatic rings. The molecule has 0 spiro atoms. The standard InChI is InChI=1S/C13H20N2O5/c1-12(2,3)20-11(18)15-7-13(19,8-15)6-14-5-9(16)4-10(14)17/h19H,4-8H2,1-3H3. The highest BCUT2D eigenvalue weighted by Crippen LogP contribution is 2.25. The highest BCUT2D eigenvalue weighted by Gasteiger charge is 2.47. The monoisotopic (exact) mass is 284 g/mol. The van der Waals surface area contributed by atoms with Gasteiger partial charge in [-0.05, 0) is 20.8 Å². The second kappa shape index (κ2) is 4.73. The van der Waals surface area contributed by atoms with E-state index in [4.69, 9.17) is 4.74 Å². The van der Waals surface area contributed by atoms with Gasteiger partial charge in [0.25, 0.3) is 0 Å². The van der Waals surface area contributed by atoms with Gasteiger partial charge in [-0.25, -0.2) is 4.79 Å². The number of rotatable bonds is 2. The van der Waals surface area contributed by atoms with Crippen molar-refractivity contribution in [1.82, 2.24) is 9.80 Å². The normalized spacial score (nSPS) is 22.0. The first-order valence-corrected chi connectivity index (χ1v) is 6.58. The lowest BCUT2D eigenvalue weighted by atomic mass is 9.94. The van der Waals surface area contributed by atoms with Crippen molar-refractivity contribution >= 4 is 17.8 Å². The van der Waals surface area contributed by atoms with Crippen LogP contribution in [0.2, 0.25) is 0 Å². The summed E-state index contributed by atoms with van der Waals surface area (Å²) in [5.41, 5.74) is -1.72. The Labute approximate surface area is 117 Å². The lowest BCUT2D eigenvalue weighted by molar-refractivity contribution is -0.139. The van der Waals surface area contributed by atoms with E-state index in [1.165, 1.54) is 9.80 Å². The van der Waals surface area contributed by atoms with Crippen molar-refractivity contribution in [1.29, 1.82) is 0 Å². The Balaban J connectivity index is 1.84. The number of carbonyl (C=O) groups is 3. The van der Waals surface area contributed by atoms with Crippen LogP contribution in [-0.2, 0) is 14.3 Å². The van der Waals surface area contributed by atoms with Crippen LogP contribution in [0.3, 0.4) is 0 Å². The van der Waals surface area contributed by atoms with Crippen molar-refractivity contribution in [3.63, 3.8) is 0 Å². The number of β-amino-alcohol motifs (C(OH)–C–C–N with tert-alkyl or cyclic N) is 1. The third-order valence-electron chi connectivity index (χ3n) is 3.18. The van der Waals surface area contributed by atoms with Gasteiger partial charge in [0.05, 0.1) is 32.6 Å². The topological polar surface area (TPSA) is 87.2 Å². The molecule has 2 aliphatic rings. The maximum Gasteiger partial charge on any atom is 0.410 e. The van der Waals surface area contributed by atoms with Crippen LogP contribution in [0.4, 0.5) is 4.79 Å². The first kappa shape index (κ1) is 14.8. The number of aliphatic hydroxyl groups is 1. The number of Topliss-reactive ketones (excluding diaryl/α,β-unsaturated/α-hetero) is 1. The fourth-order valence-corrected chi connectivity index (χ4v) is 2.36. The number of hydrogen-bond acceptors (Lipinski definition) is 5. The van der Waals surface area contributed by atoms with Crippen molar-refractivity contribution in [3.05, 3.63) is 0 Å². The van der Waals surface area contributed by atoms with Crippen molar-refractivity contribution < 1.29 is 24.2 Å². The molecule has 0 atom stereocenters. The Bertz CT molecular complexity index is 448. The van der Waals surface area contributed by atoms with Gasteiger partial charge >= 0.3 is 6.09 Å². The minimum Gasteiger partial charge on any atom is -0.444 e. The predicted octanol–water partition coefficient (Wildman–Crippen LogP) is -0.230. The average molecular weight is 284 g/mol. The SMILES string of the molecule is CC(C)(C)OC(=O)N1CC(O)(CN2CC(=O)CC2=O)C1. The minimum atomic E-state index is -1.14. The summed E-state index contributed by atoms with van der Waals surface area (Å²) >= 11 is 0. The molecule has 0 aliphatic carbocycles. The molecule has 20 heavy (non-hydrogen) atoms. The van der Waals surface area contributed by atoms with Crippen LogP contribution in [0, 0.1) is 0 Å². The predicted molar refractivity (Wildman–Crippen MR) is 69.0 cm³/mol. The third kappa shape index (κ3) is 3.27. The molecule has 0 bridgehead atoms. The minimum absolute atomic E-state index is 0.0492. The number of carbonyl (C=O) groups excluding carboxylic acids is 3. The molecule has 7 heteroatoms. The molecule has 0 saturated carbocycles. The van der Waals surface area contributed by atoms with Gasteiger partial charge < -0.3 is 19.6 Å². The smallest absolute Gasteiger partial charge is 0.410 e. The summed E-state index contributed by atoms with van der Waals surface area (Å²) in [7, 11) is 0. The lowest BCUT2D eigenvalue weighted by Gasteiger charge is -2.47. The van der Waals surface area contributed by atoms with Crippen LogP contribution < -0.4 is 0 Å². The molecule has 2 aliphatic heterocycles. The van der Waals surface area contributed by atoms with Gasteiger partial charge in [0.15, 0.2) is 5.78 Å². The Morgan fingerprint density at radius 1 is 1.35 bits per heavy atom. The number of likely N-dealkylation sites (tertiary alicyclic amines) is 2. The van der Waals surface area contributed by atoms with E-state index in [1.807, 2.05) is 0 Å². The number of hydrogen-bond donors (Lipinski definition) is 1. The maximum absolute atomic E-state index is 11.7. The zero-order valence-corrected chi connectivity index (χ0v) is 12.0. The van der Waals surface area contributed by atoms with Crippen LogP contribution >= 0.6 is 0 Å². The van der Waals surface area contributed by atoms with Crippen LogP contribution in [0.5, 0.6) is 0 Å². The zero-order valence-electron chi connectivity index (χ0n) is 12.0. The molecule has 0 aromatic heterocycles. The van der Waals surface area contributed by atoms with E-state index in [2.05, 4.69) is 0 Å². The van der Waals surface area contributed by atoms with Gasteiger partial charge in [-0.15, -0.1) is 0 Å². The molecule has 2 heterocycles. The van der Waals surface area contributed by atoms with Gasteiger partial charge in [-0.2, -0.15) is 0 Å². The second-order valence-corrected chi connectivity index (χ2v) is 6.53. The fourth-order valence-electron chi connectivity index (χ4n) is 2.36. The highest BCUT2D eigenvalue weighted by molar-refractivity contribution is 6.05. The molecule has 112 valence electrons. The van der Waals surface area contributed by atoms with E-state index >= 15 is 0 Å². The van der Waals surface area contributed by atoms with E-state index < -0.39 is 17.3 Å². The van der Waals surface area contributed by atoms with Gasteiger partial charge in [-0.1, -0.05) is 0 Å². The first-order chi connectivity index (χ1) is 9.08. The maximum atomic E-state index is 11.7. The van der Waals surface area contributed by atoms with E-state index in [0.717, 1.165) is 0 Å². The summed E-state index contributed by atoms with van der Waals surface area (Å²) < 4.78 is 5.18. The van der Waals surface area contributed by atoms with Gasteiger partial charge in [0, 0.05) is 0 Å². The Hall–Kier alpha value is -1.63. The zero-order chi connectivity index (χ0) is 15.1. The van der Waals surface area contributed by atoms with E-state index in [0.29, 0.717) is 0 Å². The van der Waals surface area contributed by atoms with Crippen molar-refractivity contribution in [2.75, 3.05) is 26.2 Å². The number of nitrogens with zero attached hydrogens (tertiary/aromatic N) is 2. The molecule has 2 amide bonds. The number of ketones is 1. The molecule has 2 rings (SSSR count). The van der Waals surface area contributed by atoms with Gasteiger partial charge in [0.1, 0.15) is 11.2 Å². The van der Waals surface area contributed by atoms with E-state index in [-0.39, 0.29) is 44.3 Å². The quantitative estimate of drug-likeness (QED) is 0.708. The molecule has 0 radical (unpaired) electrons. The molecule has 1 N–H and O–H groups in total. The van der Waals surface area contributed by atoms with Crippen LogP contribution in [0.1, 0.15) is 27.2 Å². The van der Waals surface area contributed by atoms with Gasteiger partial charge in [0.2, 0.25) is 5.91 Å². The number of ether oxygens (including phenoxy) is 1. The second-order valence-electron chi connectivity index (χ2n) is 6.53. The average Bonchev–Trinajstić information content (AvgIpc) is 2.51. The molecule has 7 nitrogen and oxygen atoms in total. The van der Waals surface area contributed by atoms with Crippen molar-refractivity contribution in [2.24, 2.45) is 0 Å². The molecular formula is C13H20N2O5. The summed E-state index contributed by atoms with van der Waals surface area (Å²) in [6, 6.07) is 0. The lowest BCUT2D eigenvalue weighted by Crippen LogP contribution is -2.68. The summed E-state index contributed by atoms with van der Waals surface area (Å²) in [5.74, 6) is -0.402. The van der Waals surface area contributed by atoms with E-state index in [1.54, 1.807) is 20.8 Å². The largest absolute Gasteiger partial charge is 0.444 e. The highest BCUT2D eigenvalue weighted by atomic mass is 16.6. The molecule has 0 aromatic carbocycles. The molecule has 2 saturated heterocycles. The van der Waals surface area contributed by atoms with Crippen LogP contribution in [0.25, 0.3) is 0 Å². The first-order valence-electron chi connectivity index (χ1n) is 6.58. The van der Waals surface area contributed by atoms with Crippen molar-refractivity contribution in [3.8, 4) is 0 Å². The summed E-state index contributed by atoms with van der Waals surface area (Å²) in [6.07, 6.45) is -0.572. The molecule has 2 fully saturated rings. The van der Waals surface area contributed by atoms with Crippen LogP contribution in [0.15, 0.2) is 0 Å².